The van der Waals surface area contributed by atoms with E-state index in [2.05, 4.69) is 15.0 Å². The molecule has 1 aromatic heterocycles. The number of nitrogens with one attached hydrogen (secondary N) is 2. The molecule has 1 heterocycles. The Kier molecular flexibility index (Phi) is 5.02. The Morgan fingerprint density at radius 2 is 2.21 bits per heavy atom. The summed E-state index contributed by atoms with van der Waals surface area (Å²) >= 11 is 5.82. The van der Waals surface area contributed by atoms with Crippen molar-refractivity contribution in [3.8, 4) is 0 Å². The minimum Gasteiger partial charge on any atom is -0.359 e. The summed E-state index contributed by atoms with van der Waals surface area (Å²) in [5, 5.41) is 4.12. The largest absolute Gasteiger partial charge is 0.416 e. The van der Waals surface area contributed by atoms with Crippen LogP contribution >= 0.6 is 11.6 Å². The van der Waals surface area contributed by atoms with Crippen molar-refractivity contribution >= 4 is 23.8 Å². The summed E-state index contributed by atoms with van der Waals surface area (Å²) in [6.45, 7) is -0.909. The van der Waals surface area contributed by atoms with E-state index in [1.54, 1.807) is 19.1 Å². The van der Waals surface area contributed by atoms with Crippen LogP contribution in [0.1, 0.15) is 45.5 Å². The predicted octanol–water partition coefficient (Wildman–Crippen LogP) is 4.53. The maximum absolute atomic E-state index is 14.1. The first-order valence-corrected chi connectivity index (χ1v) is 8.77. The molecule has 0 saturated carbocycles. The molecule has 148 valence electrons. The third-order valence-corrected chi connectivity index (χ3v) is 4.70. The molecule has 2 N–H and O–H groups in total. The van der Waals surface area contributed by atoms with E-state index in [9.17, 15) is 18.4 Å². The standard InChI is InChI=1S/C19H18ClF2N3O3/c1-19(7-6-15(22)13-3-2-8-23-16(13)19)25-18(27)28-17(26)24-10-11-4-5-12(21)9-14(11)20/h2-5,8-9,15H,6-7,10H2,1H3,(H,24,26)(H,25,27)/i10D2. The molecule has 9 heteroatoms. The number of amides is 2. The van der Waals surface area contributed by atoms with Crippen LogP contribution in [-0.2, 0) is 16.8 Å². The maximum Gasteiger partial charge on any atom is 0.416 e. The summed E-state index contributed by atoms with van der Waals surface area (Å²) in [5.74, 6) is -0.674. The van der Waals surface area contributed by atoms with Gasteiger partial charge >= 0.3 is 12.2 Å². The monoisotopic (exact) mass is 411 g/mol. The van der Waals surface area contributed by atoms with E-state index in [1.165, 1.54) is 6.20 Å². The fourth-order valence-electron chi connectivity index (χ4n) is 3.01. The number of alkyl carbamates (subject to hydrolysis) is 2. The molecule has 3 rings (SSSR count). The molecule has 1 aliphatic rings. The van der Waals surface area contributed by atoms with E-state index < -0.39 is 36.2 Å². The number of alkyl halides is 1. The molecule has 0 spiro atoms. The Hall–Kier alpha value is -2.74. The summed E-state index contributed by atoms with van der Waals surface area (Å²) in [7, 11) is 0. The number of hydrogen-bond donors (Lipinski definition) is 2. The fraction of sp³-hybridized carbons (Fsp3) is 0.316. The van der Waals surface area contributed by atoms with Crippen LogP contribution in [0.25, 0.3) is 0 Å². The van der Waals surface area contributed by atoms with Gasteiger partial charge in [-0.2, -0.15) is 0 Å². The van der Waals surface area contributed by atoms with E-state index >= 15 is 0 Å². The molecule has 6 nitrogen and oxygen atoms in total. The molecule has 0 aliphatic heterocycles. The Labute approximate surface area is 168 Å². The number of benzene rings is 1. The number of carbonyl (C=O) groups is 2. The number of halogens is 3. The average Bonchev–Trinajstić information content (AvgIpc) is 2.64. The summed E-state index contributed by atoms with van der Waals surface area (Å²) in [4.78, 5) is 28.4. The molecule has 2 unspecified atom stereocenters. The first-order valence-electron chi connectivity index (χ1n) is 9.39. The zero-order valence-corrected chi connectivity index (χ0v) is 15.5. The van der Waals surface area contributed by atoms with E-state index in [-0.39, 0.29) is 23.4 Å². The Morgan fingerprint density at radius 3 is 2.96 bits per heavy atom. The van der Waals surface area contributed by atoms with Crippen molar-refractivity contribution in [3.05, 3.63) is 64.2 Å². The van der Waals surface area contributed by atoms with E-state index in [0.29, 0.717) is 11.3 Å². The number of aromatic nitrogens is 1. The van der Waals surface area contributed by atoms with Gasteiger partial charge in [0.15, 0.2) is 0 Å². The molecule has 0 radical (unpaired) electrons. The van der Waals surface area contributed by atoms with Crippen molar-refractivity contribution in [2.45, 2.75) is 38.0 Å². The van der Waals surface area contributed by atoms with Crippen molar-refractivity contribution in [1.82, 2.24) is 15.6 Å². The second kappa shape index (κ2) is 8.10. The quantitative estimate of drug-likeness (QED) is 0.727. The van der Waals surface area contributed by atoms with Crippen molar-refractivity contribution in [3.63, 3.8) is 0 Å². The highest BCUT2D eigenvalue weighted by molar-refractivity contribution is 6.31. The first kappa shape index (κ1) is 17.4. The fourth-order valence-corrected chi connectivity index (χ4v) is 3.23. The highest BCUT2D eigenvalue weighted by Crippen LogP contribution is 2.40. The van der Waals surface area contributed by atoms with Crippen LogP contribution < -0.4 is 10.6 Å². The summed E-state index contributed by atoms with van der Waals surface area (Å²) < 4.78 is 47.8. The molecule has 0 bridgehead atoms. The lowest BCUT2D eigenvalue weighted by Gasteiger charge is -2.36. The third kappa shape index (κ3) is 4.39. The minimum atomic E-state index is -2.54. The lowest BCUT2D eigenvalue weighted by Crippen LogP contribution is -2.48. The van der Waals surface area contributed by atoms with Gasteiger partial charge < -0.3 is 15.4 Å². The number of pyridine rings is 1. The highest BCUT2D eigenvalue weighted by atomic mass is 35.5. The van der Waals surface area contributed by atoms with Crippen LogP contribution in [-0.4, -0.2) is 17.2 Å². The van der Waals surface area contributed by atoms with Crippen LogP contribution in [0.2, 0.25) is 5.02 Å². The molecule has 0 saturated heterocycles. The van der Waals surface area contributed by atoms with Gasteiger partial charge in [-0.3, -0.25) is 4.98 Å². The molecule has 2 amide bonds. The molecule has 2 aromatic rings. The number of nitrogens with zero attached hydrogens (tertiary/aromatic N) is 1. The molecule has 0 fully saturated rings. The van der Waals surface area contributed by atoms with E-state index in [4.69, 9.17) is 14.3 Å². The topological polar surface area (TPSA) is 80.3 Å². The van der Waals surface area contributed by atoms with E-state index in [0.717, 1.165) is 18.2 Å². The van der Waals surface area contributed by atoms with Crippen LogP contribution in [0.3, 0.4) is 0 Å². The smallest absolute Gasteiger partial charge is 0.359 e. The van der Waals surface area contributed by atoms with Gasteiger partial charge in [-0.1, -0.05) is 23.7 Å². The summed E-state index contributed by atoms with van der Waals surface area (Å²) in [5.41, 5.74) is -0.613. The molecule has 1 aromatic carbocycles. The van der Waals surface area contributed by atoms with Crippen molar-refractivity contribution in [2.75, 3.05) is 0 Å². The van der Waals surface area contributed by atoms with Gasteiger partial charge in [0.2, 0.25) is 0 Å². The maximum atomic E-state index is 14.1. The molecule has 1 aliphatic carbocycles. The Morgan fingerprint density at radius 1 is 1.43 bits per heavy atom. The zero-order chi connectivity index (χ0) is 22.1. The SMILES string of the molecule is [2H]C([2H])(NC(=O)OC(=O)NC1(C)CCC(F)c2cccnc21)c1ccc(F)cc1Cl. The first-order chi connectivity index (χ1) is 14.0. The zero-order valence-electron chi connectivity index (χ0n) is 16.8. The van der Waals surface area contributed by atoms with Gasteiger partial charge in [-0.25, -0.2) is 18.4 Å². The number of carbonyl (C=O) groups excluding carboxylic acids is 2. The number of hydrogen-bond acceptors (Lipinski definition) is 4. The molecule has 2 atom stereocenters. The predicted molar refractivity (Wildman–Crippen MR) is 97.9 cm³/mol. The van der Waals surface area contributed by atoms with Gasteiger partial charge in [-0.15, -0.1) is 0 Å². The van der Waals surface area contributed by atoms with Crippen LogP contribution in [0.5, 0.6) is 0 Å². The third-order valence-electron chi connectivity index (χ3n) is 4.39. The molecular formula is C19H18ClF2N3O3. The van der Waals surface area contributed by atoms with Crippen LogP contribution in [0.4, 0.5) is 18.4 Å². The summed E-state index contributed by atoms with van der Waals surface area (Å²) in [6.07, 6.45) is -1.92. The average molecular weight is 412 g/mol. The lowest BCUT2D eigenvalue weighted by molar-refractivity contribution is 0.134. The van der Waals surface area contributed by atoms with Crippen LogP contribution in [0.15, 0.2) is 36.5 Å². The molecule has 28 heavy (non-hydrogen) atoms. The number of fused-ring (bicyclic) bond motifs is 1. The van der Waals surface area contributed by atoms with E-state index in [1.807, 2.05) is 5.32 Å². The second-order valence-corrected chi connectivity index (χ2v) is 6.86. The van der Waals surface area contributed by atoms with Crippen molar-refractivity contribution < 1.29 is 25.8 Å². The Balaban J connectivity index is 1.68. The number of ether oxygens (including phenoxy) is 1. The number of rotatable bonds is 3. The lowest BCUT2D eigenvalue weighted by atomic mass is 9.80. The van der Waals surface area contributed by atoms with Crippen molar-refractivity contribution in [1.29, 1.82) is 0 Å². The Bertz CT molecular complexity index is 995. The minimum absolute atomic E-state index is 0.146. The van der Waals surface area contributed by atoms with Gasteiger partial charge in [0.1, 0.15) is 12.0 Å². The normalized spacial score (nSPS) is 22.4. The van der Waals surface area contributed by atoms with Crippen LogP contribution in [0, 0.1) is 5.82 Å². The van der Waals surface area contributed by atoms with Gasteiger partial charge in [0.25, 0.3) is 0 Å². The van der Waals surface area contributed by atoms with Crippen molar-refractivity contribution in [2.24, 2.45) is 0 Å². The van der Waals surface area contributed by atoms with Gasteiger partial charge in [0.05, 0.1) is 14.0 Å². The van der Waals surface area contributed by atoms with Gasteiger partial charge in [0, 0.05) is 23.3 Å². The van der Waals surface area contributed by atoms with Gasteiger partial charge in [-0.05, 0) is 43.5 Å². The highest BCUT2D eigenvalue weighted by Gasteiger charge is 2.39. The molecular weight excluding hydrogens is 392 g/mol. The summed E-state index contributed by atoms with van der Waals surface area (Å²) in [6, 6.07) is 6.10. The second-order valence-electron chi connectivity index (χ2n) is 6.46.